The lowest BCUT2D eigenvalue weighted by atomic mass is 10.1. The van der Waals surface area contributed by atoms with Gasteiger partial charge in [0.25, 0.3) is 11.8 Å². The number of alkyl halides is 4. The van der Waals surface area contributed by atoms with E-state index in [4.69, 9.17) is 4.42 Å². The fourth-order valence-electron chi connectivity index (χ4n) is 3.63. The molecule has 0 fully saturated rings. The number of anilines is 1. The molecule has 1 aliphatic rings. The van der Waals surface area contributed by atoms with Crippen LogP contribution in [0.4, 0.5) is 27.6 Å². The van der Waals surface area contributed by atoms with Gasteiger partial charge in [0, 0.05) is 28.5 Å². The number of hydrogen-bond donors (Lipinski definition) is 0. The second-order valence-electron chi connectivity index (χ2n) is 7.16. The molecule has 4 aromatic rings. The summed E-state index contributed by atoms with van der Waals surface area (Å²) in [7, 11) is 0. The van der Waals surface area contributed by atoms with Crippen LogP contribution in [0.15, 0.2) is 53.2 Å². The monoisotopic (exact) mass is 461 g/mol. The van der Waals surface area contributed by atoms with E-state index in [0.29, 0.717) is 15.9 Å². The standard InChI is InChI=1S/C21H12F5N5O2/c22-13-3-4-16(14(6-13)12-7-27-31(9-12)21(25)26)30-8-11-2-1-10(5-15(11)20(30)32)18-28-29-19(33-18)17(23)24/h1-7,9,17,21H,8H2. The van der Waals surface area contributed by atoms with Gasteiger partial charge in [-0.25, -0.2) is 9.07 Å². The van der Waals surface area contributed by atoms with Gasteiger partial charge < -0.3 is 9.32 Å². The molecule has 0 bridgehead atoms. The van der Waals surface area contributed by atoms with Gasteiger partial charge in [-0.15, -0.1) is 10.2 Å². The first-order valence-corrected chi connectivity index (χ1v) is 9.51. The molecule has 0 N–H and O–H groups in total. The number of amides is 1. The van der Waals surface area contributed by atoms with Crippen LogP contribution < -0.4 is 4.90 Å². The Morgan fingerprint density at radius 2 is 1.79 bits per heavy atom. The Kier molecular flexibility index (Phi) is 4.91. The van der Waals surface area contributed by atoms with Crippen molar-refractivity contribution in [3.8, 4) is 22.6 Å². The van der Waals surface area contributed by atoms with Gasteiger partial charge in [-0.05, 0) is 35.9 Å². The normalized spacial score (nSPS) is 13.4. The second-order valence-corrected chi connectivity index (χ2v) is 7.16. The Morgan fingerprint density at radius 3 is 2.48 bits per heavy atom. The Balaban J connectivity index is 1.51. The maximum atomic E-state index is 14.0. The number of carbonyl (C=O) groups excluding carboxylic acids is 1. The van der Waals surface area contributed by atoms with Crippen LogP contribution in [0.25, 0.3) is 22.6 Å². The zero-order valence-corrected chi connectivity index (χ0v) is 16.4. The van der Waals surface area contributed by atoms with Crippen molar-refractivity contribution in [3.63, 3.8) is 0 Å². The summed E-state index contributed by atoms with van der Waals surface area (Å²) < 4.78 is 70.7. The van der Waals surface area contributed by atoms with Gasteiger partial charge in [0.1, 0.15) is 5.82 Å². The molecule has 5 rings (SSSR count). The number of hydrogen-bond acceptors (Lipinski definition) is 5. The summed E-state index contributed by atoms with van der Waals surface area (Å²) in [5.74, 6) is -2.06. The average Bonchev–Trinajstić information content (AvgIpc) is 3.53. The van der Waals surface area contributed by atoms with Crippen molar-refractivity contribution in [2.45, 2.75) is 19.5 Å². The number of aromatic nitrogens is 4. The first-order valence-electron chi connectivity index (χ1n) is 9.51. The highest BCUT2D eigenvalue weighted by Gasteiger charge is 2.31. The average molecular weight is 461 g/mol. The Bertz CT molecular complexity index is 1370. The van der Waals surface area contributed by atoms with E-state index < -0.39 is 30.6 Å². The molecular formula is C21H12F5N5O2. The van der Waals surface area contributed by atoms with E-state index in [1.165, 1.54) is 17.0 Å². The molecule has 0 saturated heterocycles. The Hall–Kier alpha value is -4.09. The fraction of sp³-hybridized carbons (Fsp3) is 0.143. The Labute approximate surface area is 182 Å². The highest BCUT2D eigenvalue weighted by molar-refractivity contribution is 6.12. The molecule has 0 aliphatic carbocycles. The largest absolute Gasteiger partial charge is 0.415 e. The van der Waals surface area contributed by atoms with Gasteiger partial charge in [-0.3, -0.25) is 4.79 Å². The summed E-state index contributed by atoms with van der Waals surface area (Å²) in [6, 6.07) is 8.28. The molecule has 33 heavy (non-hydrogen) atoms. The van der Waals surface area contributed by atoms with Crippen molar-refractivity contribution in [3.05, 3.63) is 71.6 Å². The molecule has 0 atom stereocenters. The molecule has 0 saturated carbocycles. The molecule has 7 nitrogen and oxygen atoms in total. The molecule has 2 aromatic heterocycles. The van der Waals surface area contributed by atoms with Crippen LogP contribution in [-0.2, 0) is 6.54 Å². The van der Waals surface area contributed by atoms with E-state index in [0.717, 1.165) is 24.5 Å². The molecule has 0 unspecified atom stereocenters. The van der Waals surface area contributed by atoms with Crippen molar-refractivity contribution >= 4 is 11.6 Å². The van der Waals surface area contributed by atoms with Gasteiger partial charge >= 0.3 is 13.0 Å². The number of carbonyl (C=O) groups is 1. The van der Waals surface area contributed by atoms with Crippen molar-refractivity contribution in [2.75, 3.05) is 4.90 Å². The van der Waals surface area contributed by atoms with Crippen LogP contribution in [0.1, 0.15) is 34.8 Å². The first kappa shape index (κ1) is 20.8. The number of benzene rings is 2. The predicted molar refractivity (Wildman–Crippen MR) is 104 cm³/mol. The van der Waals surface area contributed by atoms with E-state index in [1.54, 1.807) is 12.1 Å². The third-order valence-electron chi connectivity index (χ3n) is 5.15. The SMILES string of the molecule is O=C1c2cc(-c3nnc(C(F)F)o3)ccc2CN1c1ccc(F)cc1-c1cnn(C(F)F)c1. The molecular weight excluding hydrogens is 449 g/mol. The molecule has 168 valence electrons. The minimum Gasteiger partial charge on any atom is -0.415 e. The highest BCUT2D eigenvalue weighted by atomic mass is 19.3. The van der Waals surface area contributed by atoms with Crippen molar-refractivity contribution in [2.24, 2.45) is 0 Å². The maximum absolute atomic E-state index is 14.0. The number of halogens is 5. The van der Waals surface area contributed by atoms with Crippen LogP contribution >= 0.6 is 0 Å². The first-order chi connectivity index (χ1) is 15.8. The minimum absolute atomic E-state index is 0.127. The molecule has 3 heterocycles. The molecule has 0 radical (unpaired) electrons. The second kappa shape index (κ2) is 7.80. The van der Waals surface area contributed by atoms with Crippen LogP contribution in [0, 0.1) is 5.82 Å². The number of fused-ring (bicyclic) bond motifs is 1. The molecule has 2 aromatic carbocycles. The summed E-state index contributed by atoms with van der Waals surface area (Å²) in [6.45, 7) is -2.75. The van der Waals surface area contributed by atoms with Crippen LogP contribution in [0.5, 0.6) is 0 Å². The number of rotatable bonds is 5. The van der Waals surface area contributed by atoms with Gasteiger partial charge in [0.05, 0.1) is 18.4 Å². The summed E-state index contributed by atoms with van der Waals surface area (Å²) >= 11 is 0. The molecule has 1 amide bonds. The quantitative estimate of drug-likeness (QED) is 0.381. The zero-order valence-electron chi connectivity index (χ0n) is 16.4. The van der Waals surface area contributed by atoms with Gasteiger partial charge in [-0.2, -0.15) is 22.7 Å². The summed E-state index contributed by atoms with van der Waals surface area (Å²) in [4.78, 5) is 14.5. The van der Waals surface area contributed by atoms with Crippen LogP contribution in [-0.4, -0.2) is 25.9 Å². The third kappa shape index (κ3) is 3.62. The lowest BCUT2D eigenvalue weighted by Gasteiger charge is -2.19. The van der Waals surface area contributed by atoms with E-state index in [9.17, 15) is 26.7 Å². The van der Waals surface area contributed by atoms with E-state index in [-0.39, 0.29) is 34.7 Å². The molecule has 12 heteroatoms. The zero-order chi connectivity index (χ0) is 23.3. The lowest BCUT2D eigenvalue weighted by Crippen LogP contribution is -2.23. The predicted octanol–water partition coefficient (Wildman–Crippen LogP) is 5.23. The van der Waals surface area contributed by atoms with E-state index >= 15 is 0 Å². The summed E-state index contributed by atoms with van der Waals surface area (Å²) in [6.07, 6.45) is -0.707. The minimum atomic E-state index is -2.93. The number of nitrogens with zero attached hydrogens (tertiary/aromatic N) is 5. The van der Waals surface area contributed by atoms with E-state index in [1.807, 2.05) is 0 Å². The van der Waals surface area contributed by atoms with Gasteiger partial charge in [0.2, 0.25) is 5.89 Å². The fourth-order valence-corrected chi connectivity index (χ4v) is 3.63. The molecule has 0 spiro atoms. The van der Waals surface area contributed by atoms with Gasteiger partial charge in [0.15, 0.2) is 0 Å². The third-order valence-corrected chi connectivity index (χ3v) is 5.15. The van der Waals surface area contributed by atoms with E-state index in [2.05, 4.69) is 15.3 Å². The lowest BCUT2D eigenvalue weighted by molar-refractivity contribution is 0.0566. The molecule has 1 aliphatic heterocycles. The maximum Gasteiger partial charge on any atom is 0.333 e. The van der Waals surface area contributed by atoms with Gasteiger partial charge in [-0.1, -0.05) is 6.07 Å². The van der Waals surface area contributed by atoms with Crippen molar-refractivity contribution in [1.29, 1.82) is 0 Å². The Morgan fingerprint density at radius 1 is 0.970 bits per heavy atom. The van der Waals surface area contributed by atoms with Crippen LogP contribution in [0.2, 0.25) is 0 Å². The topological polar surface area (TPSA) is 77.1 Å². The van der Waals surface area contributed by atoms with Crippen LogP contribution in [0.3, 0.4) is 0 Å². The smallest absolute Gasteiger partial charge is 0.333 e. The van der Waals surface area contributed by atoms with Crippen molar-refractivity contribution < 1.29 is 31.2 Å². The van der Waals surface area contributed by atoms with Crippen molar-refractivity contribution in [1.82, 2.24) is 20.0 Å². The summed E-state index contributed by atoms with van der Waals surface area (Å²) in [5.41, 5.74) is 1.88. The highest BCUT2D eigenvalue weighted by Crippen LogP contribution is 2.38. The summed E-state index contributed by atoms with van der Waals surface area (Å²) in [5, 5.41) is 10.4.